The normalized spacial score (nSPS) is 11.7. The summed E-state index contributed by atoms with van der Waals surface area (Å²) in [4.78, 5) is 28.7. The Bertz CT molecular complexity index is 1070. The number of aryl methyl sites for hydroxylation is 1. The van der Waals surface area contributed by atoms with Crippen LogP contribution in [0.15, 0.2) is 84.9 Å². The van der Waals surface area contributed by atoms with Crippen LogP contribution in [0.1, 0.15) is 43.4 Å². The number of nitrogens with zero attached hydrogens (tertiary/aromatic N) is 1. The molecule has 0 unspecified atom stereocenters. The summed E-state index contributed by atoms with van der Waals surface area (Å²) in [5.74, 6) is 0.603. The lowest BCUT2D eigenvalue weighted by atomic mass is 10.0. The molecule has 3 aromatic rings. The first-order valence-corrected chi connectivity index (χ1v) is 12.3. The van der Waals surface area contributed by atoms with E-state index in [1.54, 1.807) is 4.90 Å². The molecule has 0 saturated carbocycles. The van der Waals surface area contributed by atoms with E-state index in [-0.39, 0.29) is 17.9 Å². The van der Waals surface area contributed by atoms with E-state index in [9.17, 15) is 9.59 Å². The van der Waals surface area contributed by atoms with Crippen LogP contribution in [0, 0.1) is 6.92 Å². The zero-order valence-corrected chi connectivity index (χ0v) is 20.9. The third-order valence-corrected chi connectivity index (χ3v) is 5.85. The minimum Gasteiger partial charge on any atom is -0.494 e. The zero-order chi connectivity index (χ0) is 25.0. The monoisotopic (exact) mass is 472 g/mol. The minimum absolute atomic E-state index is 0.0181. The quantitative estimate of drug-likeness (QED) is 0.363. The Kier molecular flexibility index (Phi) is 9.91. The van der Waals surface area contributed by atoms with Gasteiger partial charge in [-0.2, -0.15) is 0 Å². The predicted molar refractivity (Wildman–Crippen MR) is 140 cm³/mol. The minimum atomic E-state index is -0.609. The van der Waals surface area contributed by atoms with Gasteiger partial charge >= 0.3 is 0 Å². The Hall–Kier alpha value is -3.60. The van der Waals surface area contributed by atoms with Crippen molar-refractivity contribution in [2.24, 2.45) is 0 Å². The van der Waals surface area contributed by atoms with Crippen molar-refractivity contribution in [1.82, 2.24) is 10.2 Å². The third kappa shape index (κ3) is 8.29. The Labute approximate surface area is 209 Å². The molecule has 0 heterocycles. The van der Waals surface area contributed by atoms with Gasteiger partial charge in [-0.1, -0.05) is 72.8 Å². The molecule has 0 aliphatic carbocycles. The summed E-state index contributed by atoms with van der Waals surface area (Å²) in [6.07, 6.45) is 1.33. The second-order valence-electron chi connectivity index (χ2n) is 9.08. The number of ether oxygens (including phenoxy) is 1. The van der Waals surface area contributed by atoms with E-state index in [2.05, 4.69) is 5.32 Å². The summed E-state index contributed by atoms with van der Waals surface area (Å²) >= 11 is 0. The molecule has 5 heteroatoms. The van der Waals surface area contributed by atoms with Crippen LogP contribution in [0.5, 0.6) is 5.75 Å². The number of carbonyl (C=O) groups is 2. The highest BCUT2D eigenvalue weighted by Crippen LogP contribution is 2.19. The molecule has 0 aromatic heterocycles. The lowest BCUT2D eigenvalue weighted by Crippen LogP contribution is -2.51. The van der Waals surface area contributed by atoms with Crippen LogP contribution in [0.2, 0.25) is 0 Å². The van der Waals surface area contributed by atoms with E-state index >= 15 is 0 Å². The number of para-hydroxylation sites is 1. The topological polar surface area (TPSA) is 58.6 Å². The molecule has 0 fully saturated rings. The first-order valence-electron chi connectivity index (χ1n) is 12.3. The average molecular weight is 473 g/mol. The van der Waals surface area contributed by atoms with Crippen LogP contribution in [0.25, 0.3) is 0 Å². The summed E-state index contributed by atoms with van der Waals surface area (Å²) in [5.41, 5.74) is 3.16. The fraction of sp³-hybridized carbons (Fsp3) is 0.333. The molecule has 0 radical (unpaired) electrons. The summed E-state index contributed by atoms with van der Waals surface area (Å²) in [7, 11) is 0. The molecule has 1 atom stereocenters. The average Bonchev–Trinajstić information content (AvgIpc) is 2.85. The van der Waals surface area contributed by atoms with Gasteiger partial charge < -0.3 is 15.0 Å². The third-order valence-electron chi connectivity index (χ3n) is 5.85. The van der Waals surface area contributed by atoms with Gasteiger partial charge in [-0.25, -0.2) is 0 Å². The first kappa shape index (κ1) is 26.0. The molecule has 1 N–H and O–H groups in total. The number of hydrogen-bond donors (Lipinski definition) is 1. The standard InChI is InChI=1S/C30H36N2O3/c1-23(2)31-30(34)28(21-25-14-6-4-7-15-25)32(22-26-16-11-10-13-24(26)3)29(33)19-12-20-35-27-17-8-5-9-18-27/h4-11,13-18,23,28H,12,19-22H2,1-3H3,(H,31,34)/t28-/m1/s1. The van der Waals surface area contributed by atoms with Crippen LogP contribution >= 0.6 is 0 Å². The molecule has 5 nitrogen and oxygen atoms in total. The van der Waals surface area contributed by atoms with Gasteiger partial charge in [0.1, 0.15) is 11.8 Å². The second kappa shape index (κ2) is 13.3. The van der Waals surface area contributed by atoms with E-state index in [4.69, 9.17) is 4.74 Å². The van der Waals surface area contributed by atoms with Crippen LogP contribution in [-0.4, -0.2) is 35.4 Å². The van der Waals surface area contributed by atoms with Crippen molar-refractivity contribution in [3.63, 3.8) is 0 Å². The maximum Gasteiger partial charge on any atom is 0.243 e. The van der Waals surface area contributed by atoms with E-state index in [1.165, 1.54) is 0 Å². The molecule has 3 rings (SSSR count). The molecule has 0 saturated heterocycles. The Morgan fingerprint density at radius 3 is 2.17 bits per heavy atom. The summed E-state index contributed by atoms with van der Waals surface area (Å²) in [5, 5.41) is 3.03. The van der Waals surface area contributed by atoms with Gasteiger partial charge in [0.25, 0.3) is 0 Å². The predicted octanol–water partition coefficient (Wildman–Crippen LogP) is 5.32. The van der Waals surface area contributed by atoms with Crippen LogP contribution in [-0.2, 0) is 22.6 Å². The van der Waals surface area contributed by atoms with Crippen LogP contribution < -0.4 is 10.1 Å². The van der Waals surface area contributed by atoms with Crippen molar-refractivity contribution in [2.75, 3.05) is 6.61 Å². The van der Waals surface area contributed by atoms with E-state index in [0.717, 1.165) is 22.4 Å². The smallest absolute Gasteiger partial charge is 0.243 e. The fourth-order valence-corrected chi connectivity index (χ4v) is 3.98. The van der Waals surface area contributed by atoms with Gasteiger partial charge in [-0.3, -0.25) is 9.59 Å². The Morgan fingerprint density at radius 2 is 1.51 bits per heavy atom. The van der Waals surface area contributed by atoms with Crippen molar-refractivity contribution in [2.45, 2.75) is 58.7 Å². The fourth-order valence-electron chi connectivity index (χ4n) is 3.98. The zero-order valence-electron chi connectivity index (χ0n) is 20.9. The van der Waals surface area contributed by atoms with Gasteiger partial charge in [0.05, 0.1) is 6.61 Å². The van der Waals surface area contributed by atoms with Crippen molar-refractivity contribution >= 4 is 11.8 Å². The molecular weight excluding hydrogens is 436 g/mol. The van der Waals surface area contributed by atoms with Crippen LogP contribution in [0.4, 0.5) is 0 Å². The molecule has 35 heavy (non-hydrogen) atoms. The summed E-state index contributed by atoms with van der Waals surface area (Å²) in [6, 6.07) is 26.8. The molecule has 0 aliphatic heterocycles. The van der Waals surface area contributed by atoms with E-state index in [1.807, 2.05) is 106 Å². The number of benzene rings is 3. The number of carbonyl (C=O) groups excluding carboxylic acids is 2. The summed E-state index contributed by atoms with van der Waals surface area (Å²) < 4.78 is 5.78. The number of amides is 2. The Balaban J connectivity index is 1.80. The molecule has 0 bridgehead atoms. The highest BCUT2D eigenvalue weighted by molar-refractivity contribution is 5.88. The largest absolute Gasteiger partial charge is 0.494 e. The number of hydrogen-bond acceptors (Lipinski definition) is 3. The lowest BCUT2D eigenvalue weighted by Gasteiger charge is -2.32. The molecule has 3 aromatic carbocycles. The molecule has 0 aliphatic rings. The lowest BCUT2D eigenvalue weighted by molar-refractivity contribution is -0.141. The highest BCUT2D eigenvalue weighted by atomic mass is 16.5. The maximum absolute atomic E-state index is 13.6. The van der Waals surface area contributed by atoms with Crippen molar-refractivity contribution in [3.05, 3.63) is 102 Å². The van der Waals surface area contributed by atoms with E-state index in [0.29, 0.717) is 32.4 Å². The molecule has 0 spiro atoms. The van der Waals surface area contributed by atoms with Crippen molar-refractivity contribution in [1.29, 1.82) is 0 Å². The molecular formula is C30H36N2O3. The number of nitrogens with one attached hydrogen (secondary N) is 1. The highest BCUT2D eigenvalue weighted by Gasteiger charge is 2.30. The Morgan fingerprint density at radius 1 is 0.886 bits per heavy atom. The van der Waals surface area contributed by atoms with Gasteiger partial charge in [0, 0.05) is 25.4 Å². The molecule has 184 valence electrons. The van der Waals surface area contributed by atoms with Gasteiger partial charge in [0.2, 0.25) is 11.8 Å². The van der Waals surface area contributed by atoms with E-state index < -0.39 is 6.04 Å². The van der Waals surface area contributed by atoms with Crippen LogP contribution in [0.3, 0.4) is 0 Å². The van der Waals surface area contributed by atoms with Gasteiger partial charge in [-0.15, -0.1) is 0 Å². The maximum atomic E-state index is 13.6. The van der Waals surface area contributed by atoms with Crippen molar-refractivity contribution < 1.29 is 14.3 Å². The number of rotatable bonds is 12. The van der Waals surface area contributed by atoms with Gasteiger partial charge in [-0.05, 0) is 56.0 Å². The first-order chi connectivity index (χ1) is 16.9. The summed E-state index contributed by atoms with van der Waals surface area (Å²) in [6.45, 7) is 6.73. The second-order valence-corrected chi connectivity index (χ2v) is 9.08. The van der Waals surface area contributed by atoms with Crippen molar-refractivity contribution in [3.8, 4) is 5.75 Å². The molecule has 2 amide bonds. The van der Waals surface area contributed by atoms with Gasteiger partial charge in [0.15, 0.2) is 0 Å². The SMILES string of the molecule is Cc1ccccc1CN(C(=O)CCCOc1ccccc1)[C@H](Cc1ccccc1)C(=O)NC(C)C.